The highest BCUT2D eigenvalue weighted by molar-refractivity contribution is 7.80. The van der Waals surface area contributed by atoms with Crippen molar-refractivity contribution in [2.45, 2.75) is 44.6 Å². The van der Waals surface area contributed by atoms with Crippen LogP contribution in [0.4, 0.5) is 0 Å². The minimum absolute atomic E-state index is 0.571. The normalized spacial score (nSPS) is 22.9. The van der Waals surface area contributed by atoms with Crippen LogP contribution in [0.15, 0.2) is 30.3 Å². The summed E-state index contributed by atoms with van der Waals surface area (Å²) in [6.45, 7) is 4.77. The van der Waals surface area contributed by atoms with Gasteiger partial charge in [-0.25, -0.2) is 0 Å². The lowest BCUT2D eigenvalue weighted by atomic mass is 9.95. The Morgan fingerprint density at radius 3 is 2.72 bits per heavy atom. The fourth-order valence-electron chi connectivity index (χ4n) is 3.04. The molecule has 18 heavy (non-hydrogen) atoms. The van der Waals surface area contributed by atoms with Crippen LogP contribution in [0.2, 0.25) is 0 Å². The second-order valence-corrected chi connectivity index (χ2v) is 5.71. The Hall–Kier alpha value is -0.470. The number of thiol groups is 1. The van der Waals surface area contributed by atoms with E-state index >= 15 is 0 Å². The van der Waals surface area contributed by atoms with E-state index in [1.807, 2.05) is 0 Å². The van der Waals surface area contributed by atoms with E-state index in [0.29, 0.717) is 5.92 Å². The van der Waals surface area contributed by atoms with Crippen LogP contribution in [0.1, 0.15) is 44.1 Å². The lowest BCUT2D eigenvalue weighted by Gasteiger charge is -2.37. The molecular weight excluding hydrogens is 238 g/mol. The molecule has 1 aromatic carbocycles. The molecule has 1 aromatic rings. The number of hydrogen-bond donors (Lipinski definition) is 1. The van der Waals surface area contributed by atoms with Crippen molar-refractivity contribution in [2.24, 2.45) is 0 Å². The maximum atomic E-state index is 4.56. The first kappa shape index (κ1) is 14.0. The third-order valence-corrected chi connectivity index (χ3v) is 4.61. The third kappa shape index (κ3) is 3.52. The molecule has 2 atom stereocenters. The van der Waals surface area contributed by atoms with Gasteiger partial charge in [0.25, 0.3) is 0 Å². The van der Waals surface area contributed by atoms with Crippen LogP contribution in [0.3, 0.4) is 0 Å². The van der Waals surface area contributed by atoms with Gasteiger partial charge >= 0.3 is 0 Å². The summed E-state index contributed by atoms with van der Waals surface area (Å²) in [5.74, 6) is 1.51. The Morgan fingerprint density at radius 1 is 1.28 bits per heavy atom. The molecule has 2 rings (SSSR count). The first-order valence-electron chi connectivity index (χ1n) is 7.25. The summed E-state index contributed by atoms with van der Waals surface area (Å²) in [6.07, 6.45) is 5.44. The van der Waals surface area contributed by atoms with Crippen molar-refractivity contribution >= 4 is 12.6 Å². The van der Waals surface area contributed by atoms with Crippen LogP contribution in [0.25, 0.3) is 0 Å². The van der Waals surface area contributed by atoms with Gasteiger partial charge in [0.1, 0.15) is 0 Å². The first-order valence-corrected chi connectivity index (χ1v) is 7.88. The van der Waals surface area contributed by atoms with Crippen LogP contribution in [0.5, 0.6) is 0 Å². The van der Waals surface area contributed by atoms with Gasteiger partial charge in [0.05, 0.1) is 0 Å². The van der Waals surface area contributed by atoms with Gasteiger partial charge in [-0.3, -0.25) is 4.90 Å². The van der Waals surface area contributed by atoms with E-state index in [4.69, 9.17) is 0 Å². The molecule has 0 aliphatic carbocycles. The molecule has 2 unspecified atom stereocenters. The predicted octanol–water partition coefficient (Wildman–Crippen LogP) is 3.96. The van der Waals surface area contributed by atoms with Gasteiger partial charge in [-0.2, -0.15) is 12.6 Å². The van der Waals surface area contributed by atoms with Crippen molar-refractivity contribution in [1.29, 1.82) is 0 Å². The predicted molar refractivity (Wildman–Crippen MR) is 82.5 cm³/mol. The minimum atomic E-state index is 0.571. The van der Waals surface area contributed by atoms with Crippen LogP contribution in [0, 0.1) is 0 Å². The van der Waals surface area contributed by atoms with Crippen LogP contribution in [-0.4, -0.2) is 29.8 Å². The van der Waals surface area contributed by atoms with E-state index in [0.717, 1.165) is 11.8 Å². The van der Waals surface area contributed by atoms with Gasteiger partial charge in [0, 0.05) is 18.5 Å². The number of benzene rings is 1. The molecule has 1 fully saturated rings. The highest BCUT2D eigenvalue weighted by Gasteiger charge is 2.23. The van der Waals surface area contributed by atoms with Crippen molar-refractivity contribution in [3.63, 3.8) is 0 Å². The largest absolute Gasteiger partial charge is 0.300 e. The second kappa shape index (κ2) is 7.20. The Kier molecular flexibility index (Phi) is 5.58. The van der Waals surface area contributed by atoms with E-state index in [-0.39, 0.29) is 0 Å². The summed E-state index contributed by atoms with van der Waals surface area (Å²) in [7, 11) is 0. The number of rotatable bonds is 5. The summed E-state index contributed by atoms with van der Waals surface area (Å²) in [4.78, 5) is 2.69. The smallest absolute Gasteiger partial charge is 0.00928 e. The number of likely N-dealkylation sites (tertiary alicyclic amines) is 1. The molecule has 1 nitrogen and oxygen atoms in total. The molecular formula is C16H25NS. The molecule has 1 heterocycles. The molecule has 2 heteroatoms. The Morgan fingerprint density at radius 2 is 2.06 bits per heavy atom. The molecule has 0 radical (unpaired) electrons. The molecule has 1 saturated heterocycles. The number of hydrogen-bond acceptors (Lipinski definition) is 2. The van der Waals surface area contributed by atoms with Crippen LogP contribution in [-0.2, 0) is 0 Å². The molecule has 0 spiro atoms. The molecule has 0 aromatic heterocycles. The zero-order chi connectivity index (χ0) is 12.8. The van der Waals surface area contributed by atoms with Crippen LogP contribution >= 0.6 is 12.6 Å². The van der Waals surface area contributed by atoms with Gasteiger partial charge in [0.2, 0.25) is 0 Å². The zero-order valence-electron chi connectivity index (χ0n) is 11.4. The monoisotopic (exact) mass is 263 g/mol. The molecule has 1 aliphatic heterocycles. The van der Waals surface area contributed by atoms with Gasteiger partial charge in [-0.1, -0.05) is 43.7 Å². The minimum Gasteiger partial charge on any atom is -0.300 e. The van der Waals surface area contributed by atoms with Gasteiger partial charge in [-0.15, -0.1) is 0 Å². The van der Waals surface area contributed by atoms with E-state index in [1.165, 1.54) is 44.3 Å². The second-order valence-electron chi connectivity index (χ2n) is 5.34. The summed E-state index contributed by atoms with van der Waals surface area (Å²) in [5, 5.41) is 0. The van der Waals surface area contributed by atoms with E-state index in [9.17, 15) is 0 Å². The van der Waals surface area contributed by atoms with Crippen LogP contribution < -0.4 is 0 Å². The van der Waals surface area contributed by atoms with Gasteiger partial charge < -0.3 is 0 Å². The topological polar surface area (TPSA) is 3.24 Å². The molecule has 0 bridgehead atoms. The Balaban J connectivity index is 2.01. The first-order chi connectivity index (χ1) is 8.85. The Bertz CT molecular complexity index is 338. The van der Waals surface area contributed by atoms with Crippen molar-refractivity contribution < 1.29 is 0 Å². The maximum Gasteiger partial charge on any atom is 0.00928 e. The molecule has 0 saturated carbocycles. The fourth-order valence-corrected chi connectivity index (χ4v) is 3.37. The van der Waals surface area contributed by atoms with Crippen molar-refractivity contribution in [2.75, 3.05) is 18.8 Å². The van der Waals surface area contributed by atoms with E-state index < -0.39 is 0 Å². The van der Waals surface area contributed by atoms with E-state index in [1.54, 1.807) is 0 Å². The van der Waals surface area contributed by atoms with E-state index in [2.05, 4.69) is 54.8 Å². The molecule has 100 valence electrons. The number of nitrogens with zero attached hydrogens (tertiary/aromatic N) is 1. The molecule has 0 N–H and O–H groups in total. The van der Waals surface area contributed by atoms with Crippen molar-refractivity contribution in [1.82, 2.24) is 4.90 Å². The highest BCUT2D eigenvalue weighted by Crippen LogP contribution is 2.25. The average Bonchev–Trinajstić information content (AvgIpc) is 2.46. The lowest BCUT2D eigenvalue weighted by molar-refractivity contribution is 0.138. The highest BCUT2D eigenvalue weighted by atomic mass is 32.1. The molecule has 0 amide bonds. The standard InChI is InChI=1S/C16H25NS/c1-2-16-10-6-7-11-17(16)12-15(13-18)14-8-4-3-5-9-14/h3-5,8-9,15-16,18H,2,6-7,10-13H2,1H3. The van der Waals surface area contributed by atoms with Crippen molar-refractivity contribution in [3.05, 3.63) is 35.9 Å². The number of piperidine rings is 1. The Labute approximate surface area is 117 Å². The van der Waals surface area contributed by atoms with Gasteiger partial charge in [-0.05, 0) is 37.1 Å². The molecule has 1 aliphatic rings. The average molecular weight is 263 g/mol. The quantitative estimate of drug-likeness (QED) is 0.787. The summed E-state index contributed by atoms with van der Waals surface area (Å²) < 4.78 is 0. The van der Waals surface area contributed by atoms with Gasteiger partial charge in [0.15, 0.2) is 0 Å². The zero-order valence-corrected chi connectivity index (χ0v) is 12.3. The SMILES string of the molecule is CCC1CCCCN1CC(CS)c1ccccc1. The maximum absolute atomic E-state index is 4.56. The summed E-state index contributed by atoms with van der Waals surface area (Å²) >= 11 is 4.56. The third-order valence-electron chi connectivity index (χ3n) is 4.17. The lowest BCUT2D eigenvalue weighted by Crippen LogP contribution is -2.41. The fraction of sp³-hybridized carbons (Fsp3) is 0.625. The summed E-state index contributed by atoms with van der Waals surface area (Å²) in [5.41, 5.74) is 1.44. The summed E-state index contributed by atoms with van der Waals surface area (Å²) in [6, 6.07) is 11.6. The van der Waals surface area contributed by atoms with Crippen molar-refractivity contribution in [3.8, 4) is 0 Å².